The minimum Gasteiger partial charge on any atom is -0.378 e. The molecule has 2 aromatic heterocycles. The maximum atomic E-state index is 13.1. The average Bonchev–Trinajstić information content (AvgIpc) is 2.80. The van der Waals surface area contributed by atoms with Crippen LogP contribution in [0.3, 0.4) is 0 Å². The first-order chi connectivity index (χ1) is 15.4. The van der Waals surface area contributed by atoms with E-state index >= 15 is 0 Å². The van der Waals surface area contributed by atoms with Crippen LogP contribution in [0.1, 0.15) is 21.6 Å². The van der Waals surface area contributed by atoms with Crippen LogP contribution in [0.5, 0.6) is 0 Å². The van der Waals surface area contributed by atoms with Crippen LogP contribution in [-0.2, 0) is 22.6 Å². The summed E-state index contributed by atoms with van der Waals surface area (Å²) in [6, 6.07) is 9.16. The number of aromatic nitrogens is 2. The van der Waals surface area contributed by atoms with Gasteiger partial charge in [0.25, 0.3) is 5.91 Å². The van der Waals surface area contributed by atoms with Crippen molar-refractivity contribution in [3.05, 3.63) is 75.5 Å². The average molecular weight is 438 g/mol. The van der Waals surface area contributed by atoms with Gasteiger partial charge in [0.15, 0.2) is 0 Å². The lowest BCUT2D eigenvalue weighted by Gasteiger charge is -2.27. The zero-order valence-corrected chi connectivity index (χ0v) is 17.6. The zero-order valence-electron chi connectivity index (χ0n) is 17.6. The molecule has 0 saturated carbocycles. The van der Waals surface area contributed by atoms with Gasteiger partial charge >= 0.3 is 0 Å². The number of hydrogen-bond acceptors (Lipinski definition) is 5. The predicted octanol–water partition coefficient (Wildman–Crippen LogP) is 1.63. The predicted molar refractivity (Wildman–Crippen MR) is 116 cm³/mol. The summed E-state index contributed by atoms with van der Waals surface area (Å²) in [7, 11) is 0. The van der Waals surface area contributed by atoms with Crippen molar-refractivity contribution in [1.82, 2.24) is 19.8 Å². The third-order valence-electron chi connectivity index (χ3n) is 5.31. The van der Waals surface area contributed by atoms with Gasteiger partial charge in [0, 0.05) is 31.5 Å². The van der Waals surface area contributed by atoms with E-state index in [9.17, 15) is 18.8 Å². The number of halogens is 1. The summed E-state index contributed by atoms with van der Waals surface area (Å²) in [5, 5.41) is 3.05. The highest BCUT2D eigenvalue weighted by Crippen LogP contribution is 2.13. The van der Waals surface area contributed by atoms with E-state index in [0.29, 0.717) is 37.6 Å². The van der Waals surface area contributed by atoms with Gasteiger partial charge in [-0.2, -0.15) is 0 Å². The molecule has 1 N–H and O–H groups in total. The molecule has 2 amide bonds. The molecule has 0 radical (unpaired) electrons. The van der Waals surface area contributed by atoms with Crippen LogP contribution in [0.15, 0.2) is 47.4 Å². The number of carbonyl (C=O) groups excluding carboxylic acids is 2. The SMILES string of the molecule is Cc1ccc2c(=O)c(C(=O)N3CCOCC3)cn(CC(=O)NCc3ccc(F)cc3)c2n1. The van der Waals surface area contributed by atoms with Gasteiger partial charge in [0.1, 0.15) is 23.6 Å². The molecule has 8 nitrogen and oxygen atoms in total. The highest BCUT2D eigenvalue weighted by Gasteiger charge is 2.23. The molecule has 1 aliphatic rings. The quantitative estimate of drug-likeness (QED) is 0.654. The molecular weight excluding hydrogens is 415 g/mol. The molecule has 1 aromatic carbocycles. The van der Waals surface area contributed by atoms with Crippen LogP contribution >= 0.6 is 0 Å². The molecule has 4 rings (SSSR count). The number of rotatable bonds is 5. The summed E-state index contributed by atoms with van der Waals surface area (Å²) in [6.45, 7) is 3.53. The minimum absolute atomic E-state index is 0.00334. The van der Waals surface area contributed by atoms with Crippen LogP contribution in [0.2, 0.25) is 0 Å². The molecule has 32 heavy (non-hydrogen) atoms. The molecule has 9 heteroatoms. The summed E-state index contributed by atoms with van der Waals surface area (Å²) in [5.41, 5.74) is 1.36. The number of nitrogens with one attached hydrogen (secondary N) is 1. The van der Waals surface area contributed by atoms with Crippen molar-refractivity contribution in [3.63, 3.8) is 0 Å². The largest absolute Gasteiger partial charge is 0.378 e. The van der Waals surface area contributed by atoms with Gasteiger partial charge in [-0.05, 0) is 36.8 Å². The highest BCUT2D eigenvalue weighted by atomic mass is 19.1. The first-order valence-electron chi connectivity index (χ1n) is 10.3. The van der Waals surface area contributed by atoms with Crippen LogP contribution in [0.4, 0.5) is 4.39 Å². The lowest BCUT2D eigenvalue weighted by molar-refractivity contribution is -0.121. The summed E-state index contributed by atoms with van der Waals surface area (Å²) < 4.78 is 19.9. The minimum atomic E-state index is -0.410. The van der Waals surface area contributed by atoms with Crippen molar-refractivity contribution in [1.29, 1.82) is 0 Å². The Balaban J connectivity index is 1.62. The first kappa shape index (κ1) is 21.6. The summed E-state index contributed by atoms with van der Waals surface area (Å²) in [6.07, 6.45) is 1.41. The topological polar surface area (TPSA) is 93.5 Å². The third kappa shape index (κ3) is 4.67. The summed E-state index contributed by atoms with van der Waals surface area (Å²) >= 11 is 0. The second-order valence-electron chi connectivity index (χ2n) is 7.63. The molecule has 1 aliphatic heterocycles. The normalized spacial score (nSPS) is 13.9. The molecule has 0 bridgehead atoms. The second kappa shape index (κ2) is 9.27. The number of pyridine rings is 2. The summed E-state index contributed by atoms with van der Waals surface area (Å²) in [4.78, 5) is 44.7. The number of benzene rings is 1. The Hall–Kier alpha value is -3.59. The molecule has 1 saturated heterocycles. The molecule has 166 valence electrons. The van der Waals surface area contributed by atoms with Crippen LogP contribution in [0, 0.1) is 12.7 Å². The smallest absolute Gasteiger partial charge is 0.259 e. The number of aryl methyl sites for hydroxylation is 1. The van der Waals surface area contributed by atoms with Crippen LogP contribution in [0.25, 0.3) is 11.0 Å². The Labute approximate surface area is 183 Å². The number of nitrogens with zero attached hydrogens (tertiary/aromatic N) is 3. The Morgan fingerprint density at radius 1 is 1.12 bits per heavy atom. The van der Waals surface area contributed by atoms with Crippen molar-refractivity contribution in [3.8, 4) is 0 Å². The highest BCUT2D eigenvalue weighted by molar-refractivity contribution is 5.97. The van der Waals surface area contributed by atoms with Crippen molar-refractivity contribution < 1.29 is 18.7 Å². The van der Waals surface area contributed by atoms with Crippen molar-refractivity contribution in [2.24, 2.45) is 0 Å². The summed E-state index contributed by atoms with van der Waals surface area (Å²) in [5.74, 6) is -1.06. The van der Waals surface area contributed by atoms with Crippen LogP contribution in [-0.4, -0.2) is 52.6 Å². The Kier molecular flexibility index (Phi) is 6.27. The standard InChI is InChI=1S/C23H23FN4O4/c1-15-2-7-18-21(30)19(23(31)27-8-10-32-11-9-27)13-28(22(18)26-15)14-20(29)25-12-16-3-5-17(24)6-4-16/h2-7,13H,8-12,14H2,1H3,(H,25,29). The number of morpholine rings is 1. The van der Waals surface area contributed by atoms with Gasteiger partial charge in [-0.3, -0.25) is 14.4 Å². The van der Waals surface area contributed by atoms with E-state index < -0.39 is 5.43 Å². The zero-order chi connectivity index (χ0) is 22.7. The van der Waals surface area contributed by atoms with E-state index in [2.05, 4.69) is 10.3 Å². The second-order valence-corrected chi connectivity index (χ2v) is 7.63. The maximum absolute atomic E-state index is 13.1. The molecule has 0 atom stereocenters. The van der Waals surface area contributed by atoms with Gasteiger partial charge in [0.05, 0.1) is 18.6 Å². The monoisotopic (exact) mass is 438 g/mol. The fourth-order valence-electron chi connectivity index (χ4n) is 3.58. The number of fused-ring (bicyclic) bond motifs is 1. The molecule has 0 aliphatic carbocycles. The number of carbonyl (C=O) groups is 2. The maximum Gasteiger partial charge on any atom is 0.259 e. The molecule has 0 unspecified atom stereocenters. The molecule has 3 heterocycles. The van der Waals surface area contributed by atoms with E-state index in [1.165, 1.54) is 22.9 Å². The van der Waals surface area contributed by atoms with Crippen molar-refractivity contribution in [2.45, 2.75) is 20.0 Å². The Morgan fingerprint density at radius 3 is 2.56 bits per heavy atom. The van der Waals surface area contributed by atoms with E-state index in [-0.39, 0.29) is 41.7 Å². The number of amides is 2. The van der Waals surface area contributed by atoms with Crippen LogP contribution < -0.4 is 10.7 Å². The van der Waals surface area contributed by atoms with Gasteiger partial charge in [-0.15, -0.1) is 0 Å². The fourth-order valence-corrected chi connectivity index (χ4v) is 3.58. The molecule has 1 fully saturated rings. The number of ether oxygens (including phenoxy) is 1. The van der Waals surface area contributed by atoms with E-state index in [1.807, 2.05) is 0 Å². The number of hydrogen-bond donors (Lipinski definition) is 1. The van der Waals surface area contributed by atoms with E-state index in [0.717, 1.165) is 5.56 Å². The van der Waals surface area contributed by atoms with E-state index in [1.54, 1.807) is 36.1 Å². The van der Waals surface area contributed by atoms with Gasteiger partial charge < -0.3 is 19.5 Å². The fraction of sp³-hybridized carbons (Fsp3) is 0.304. The van der Waals surface area contributed by atoms with Gasteiger partial charge in [-0.25, -0.2) is 9.37 Å². The van der Waals surface area contributed by atoms with Crippen molar-refractivity contribution >= 4 is 22.8 Å². The van der Waals surface area contributed by atoms with Gasteiger partial charge in [-0.1, -0.05) is 12.1 Å². The molecule has 3 aromatic rings. The molecular formula is C23H23FN4O4. The lowest BCUT2D eigenvalue weighted by atomic mass is 10.1. The van der Waals surface area contributed by atoms with E-state index in [4.69, 9.17) is 4.74 Å². The first-order valence-corrected chi connectivity index (χ1v) is 10.3. The Bertz CT molecular complexity index is 1220. The molecule has 0 spiro atoms. The van der Waals surface area contributed by atoms with Crippen molar-refractivity contribution in [2.75, 3.05) is 26.3 Å². The van der Waals surface area contributed by atoms with Gasteiger partial charge in [0.2, 0.25) is 11.3 Å². The Morgan fingerprint density at radius 2 is 1.84 bits per heavy atom. The third-order valence-corrected chi connectivity index (χ3v) is 5.31. The lowest BCUT2D eigenvalue weighted by Crippen LogP contribution is -2.42.